The van der Waals surface area contributed by atoms with Gasteiger partial charge in [0.05, 0.1) is 14.2 Å². The van der Waals surface area contributed by atoms with Crippen molar-refractivity contribution in [2.24, 2.45) is 5.92 Å². The number of aromatic nitrogens is 1. The van der Waals surface area contributed by atoms with E-state index in [4.69, 9.17) is 9.47 Å². The van der Waals surface area contributed by atoms with Crippen molar-refractivity contribution in [1.29, 1.82) is 0 Å². The molecule has 2 fully saturated rings. The molecule has 2 atom stereocenters. The molecule has 1 aromatic heterocycles. The van der Waals surface area contributed by atoms with E-state index in [1.807, 2.05) is 6.07 Å². The van der Waals surface area contributed by atoms with Crippen molar-refractivity contribution in [3.63, 3.8) is 0 Å². The molecule has 0 aliphatic carbocycles. The number of nitrogens with one attached hydrogen (secondary N) is 1. The van der Waals surface area contributed by atoms with Crippen LogP contribution in [0.1, 0.15) is 12.1 Å². The third-order valence-corrected chi connectivity index (χ3v) is 4.28. The number of nitrogens with zero attached hydrogens (tertiary/aromatic N) is 2. The zero-order valence-electron chi connectivity index (χ0n) is 11.6. The molecular weight excluding hydrogens is 242 g/mol. The van der Waals surface area contributed by atoms with Crippen LogP contribution in [0.25, 0.3) is 0 Å². The molecule has 0 spiro atoms. The minimum absolute atomic E-state index is 0.651. The van der Waals surface area contributed by atoms with Crippen LogP contribution in [0.5, 0.6) is 11.5 Å². The van der Waals surface area contributed by atoms with Crippen LogP contribution in [0.4, 0.5) is 0 Å². The van der Waals surface area contributed by atoms with Gasteiger partial charge >= 0.3 is 0 Å². The summed E-state index contributed by atoms with van der Waals surface area (Å²) in [6.07, 6.45) is 3.07. The van der Waals surface area contributed by atoms with Gasteiger partial charge < -0.3 is 14.8 Å². The van der Waals surface area contributed by atoms with Crippen LogP contribution in [0.2, 0.25) is 0 Å². The van der Waals surface area contributed by atoms with E-state index in [0.717, 1.165) is 49.3 Å². The van der Waals surface area contributed by atoms with Crippen LogP contribution in [-0.2, 0) is 6.54 Å². The van der Waals surface area contributed by atoms with E-state index in [2.05, 4.69) is 15.2 Å². The number of pyridine rings is 1. The van der Waals surface area contributed by atoms with Crippen LogP contribution in [0.15, 0.2) is 12.3 Å². The van der Waals surface area contributed by atoms with Crippen molar-refractivity contribution >= 4 is 0 Å². The van der Waals surface area contributed by atoms with Crippen molar-refractivity contribution in [2.45, 2.75) is 19.0 Å². The molecule has 0 bridgehead atoms. The predicted molar refractivity (Wildman–Crippen MR) is 72.5 cm³/mol. The number of ether oxygens (including phenoxy) is 2. The van der Waals surface area contributed by atoms with Crippen molar-refractivity contribution in [2.75, 3.05) is 33.9 Å². The molecule has 0 aromatic carbocycles. The minimum atomic E-state index is 0.651. The normalized spacial score (nSPS) is 26.4. The lowest BCUT2D eigenvalue weighted by molar-refractivity contribution is 0.235. The van der Waals surface area contributed by atoms with Crippen LogP contribution >= 0.6 is 0 Å². The van der Waals surface area contributed by atoms with E-state index in [0.29, 0.717) is 6.04 Å². The average Bonchev–Trinajstić information content (AvgIpc) is 3.03. The standard InChI is InChI=1S/C14H21N3O2/c1-18-13-3-5-16-11(14(13)19-2)9-17-6-4-10-7-15-8-12(10)17/h3,5,10,12,15H,4,6-9H2,1-2H3/t10-,12+/m0/s1. The number of fused-ring (bicyclic) bond motifs is 1. The monoisotopic (exact) mass is 263 g/mol. The predicted octanol–water partition coefficient (Wildman–Crippen LogP) is 0.892. The molecule has 1 N–H and O–H groups in total. The first-order valence-corrected chi connectivity index (χ1v) is 6.84. The summed E-state index contributed by atoms with van der Waals surface area (Å²) in [5.41, 5.74) is 0.967. The van der Waals surface area contributed by atoms with E-state index < -0.39 is 0 Å². The highest BCUT2D eigenvalue weighted by molar-refractivity contribution is 5.42. The Hall–Kier alpha value is -1.33. The number of methoxy groups -OCH3 is 2. The second-order valence-electron chi connectivity index (χ2n) is 5.24. The van der Waals surface area contributed by atoms with Gasteiger partial charge in [0.15, 0.2) is 11.5 Å². The highest BCUT2D eigenvalue weighted by Gasteiger charge is 2.37. The van der Waals surface area contributed by atoms with Gasteiger partial charge in [0.2, 0.25) is 0 Å². The van der Waals surface area contributed by atoms with Crippen molar-refractivity contribution in [3.05, 3.63) is 18.0 Å². The smallest absolute Gasteiger partial charge is 0.183 e. The summed E-state index contributed by atoms with van der Waals surface area (Å²) in [7, 11) is 3.33. The van der Waals surface area contributed by atoms with Crippen LogP contribution in [0, 0.1) is 5.92 Å². The Balaban J connectivity index is 1.79. The number of likely N-dealkylation sites (tertiary alicyclic amines) is 1. The van der Waals surface area contributed by atoms with Gasteiger partial charge in [-0.25, -0.2) is 0 Å². The van der Waals surface area contributed by atoms with Gasteiger partial charge in [0.25, 0.3) is 0 Å². The molecule has 2 saturated heterocycles. The SMILES string of the molecule is COc1ccnc(CN2CC[C@H]3CNC[C@H]32)c1OC. The maximum Gasteiger partial charge on any atom is 0.183 e. The molecule has 0 radical (unpaired) electrons. The van der Waals surface area contributed by atoms with Crippen LogP contribution in [0.3, 0.4) is 0 Å². The second-order valence-corrected chi connectivity index (χ2v) is 5.24. The fraction of sp³-hybridized carbons (Fsp3) is 0.643. The summed E-state index contributed by atoms with van der Waals surface area (Å²) >= 11 is 0. The van der Waals surface area contributed by atoms with E-state index in [1.54, 1.807) is 20.4 Å². The van der Waals surface area contributed by atoms with Gasteiger partial charge in [-0.1, -0.05) is 0 Å². The zero-order valence-corrected chi connectivity index (χ0v) is 11.6. The molecule has 0 saturated carbocycles. The molecule has 0 amide bonds. The first kappa shape index (κ1) is 12.7. The van der Waals surface area contributed by atoms with Crippen LogP contribution in [-0.4, -0.2) is 49.8 Å². The summed E-state index contributed by atoms with van der Waals surface area (Å²) in [6.45, 7) is 4.24. The lowest BCUT2D eigenvalue weighted by Gasteiger charge is -2.23. The van der Waals surface area contributed by atoms with Gasteiger partial charge in [-0.05, 0) is 25.4 Å². The Morgan fingerprint density at radius 1 is 1.37 bits per heavy atom. The van der Waals surface area contributed by atoms with E-state index >= 15 is 0 Å². The summed E-state index contributed by atoms with van der Waals surface area (Å²) in [6, 6.07) is 2.49. The largest absolute Gasteiger partial charge is 0.493 e. The topological polar surface area (TPSA) is 46.6 Å². The molecule has 0 unspecified atom stereocenters. The van der Waals surface area contributed by atoms with Crippen LogP contribution < -0.4 is 14.8 Å². The Bertz CT molecular complexity index is 452. The minimum Gasteiger partial charge on any atom is -0.493 e. The molecule has 2 aliphatic heterocycles. The number of hydrogen-bond acceptors (Lipinski definition) is 5. The Morgan fingerprint density at radius 3 is 3.05 bits per heavy atom. The Morgan fingerprint density at radius 2 is 2.26 bits per heavy atom. The van der Waals surface area contributed by atoms with Gasteiger partial charge in [-0.15, -0.1) is 0 Å². The summed E-state index contributed by atoms with van der Waals surface area (Å²) in [5.74, 6) is 2.32. The third-order valence-electron chi connectivity index (χ3n) is 4.28. The molecule has 19 heavy (non-hydrogen) atoms. The third kappa shape index (κ3) is 2.28. The molecule has 3 heterocycles. The molecular formula is C14H21N3O2. The van der Waals surface area contributed by atoms with E-state index in [9.17, 15) is 0 Å². The molecule has 5 heteroatoms. The fourth-order valence-electron chi connectivity index (χ4n) is 3.29. The highest BCUT2D eigenvalue weighted by Crippen LogP contribution is 2.33. The van der Waals surface area contributed by atoms with Gasteiger partial charge in [-0.3, -0.25) is 9.88 Å². The maximum atomic E-state index is 5.46. The van der Waals surface area contributed by atoms with E-state index in [1.165, 1.54) is 6.42 Å². The van der Waals surface area contributed by atoms with E-state index in [-0.39, 0.29) is 0 Å². The Labute approximate surface area is 113 Å². The maximum absolute atomic E-state index is 5.46. The Kier molecular flexibility index (Phi) is 3.57. The van der Waals surface area contributed by atoms with Crippen molar-refractivity contribution < 1.29 is 9.47 Å². The van der Waals surface area contributed by atoms with Gasteiger partial charge in [0, 0.05) is 31.4 Å². The molecule has 1 aromatic rings. The molecule has 2 aliphatic rings. The summed E-state index contributed by atoms with van der Waals surface area (Å²) < 4.78 is 10.8. The zero-order chi connectivity index (χ0) is 13.2. The van der Waals surface area contributed by atoms with Crippen molar-refractivity contribution in [1.82, 2.24) is 15.2 Å². The molecule has 3 rings (SSSR count). The second kappa shape index (κ2) is 5.35. The van der Waals surface area contributed by atoms with Gasteiger partial charge in [0.1, 0.15) is 5.69 Å². The quantitative estimate of drug-likeness (QED) is 0.874. The first-order valence-electron chi connectivity index (χ1n) is 6.84. The van der Waals surface area contributed by atoms with Crippen molar-refractivity contribution in [3.8, 4) is 11.5 Å². The number of rotatable bonds is 4. The summed E-state index contributed by atoms with van der Waals surface area (Å²) in [5, 5.41) is 3.47. The van der Waals surface area contributed by atoms with Gasteiger partial charge in [-0.2, -0.15) is 0 Å². The number of hydrogen-bond donors (Lipinski definition) is 1. The highest BCUT2D eigenvalue weighted by atomic mass is 16.5. The first-order chi connectivity index (χ1) is 9.33. The average molecular weight is 263 g/mol. The molecule has 104 valence electrons. The molecule has 5 nitrogen and oxygen atoms in total. The lowest BCUT2D eigenvalue weighted by Crippen LogP contribution is -2.34. The lowest BCUT2D eigenvalue weighted by atomic mass is 10.1. The fourth-order valence-corrected chi connectivity index (χ4v) is 3.29. The summed E-state index contributed by atoms with van der Waals surface area (Å²) in [4.78, 5) is 6.98.